The second kappa shape index (κ2) is 8.12. The predicted molar refractivity (Wildman–Crippen MR) is 103 cm³/mol. The molecule has 1 amide bonds. The monoisotopic (exact) mass is 351 g/mol. The summed E-state index contributed by atoms with van der Waals surface area (Å²) in [6.07, 6.45) is 2.56. The zero-order chi connectivity index (χ0) is 17.6. The van der Waals surface area contributed by atoms with Crippen molar-refractivity contribution in [1.82, 2.24) is 15.3 Å². The van der Waals surface area contributed by atoms with E-state index in [9.17, 15) is 4.79 Å². The molecule has 0 unspecified atom stereocenters. The van der Waals surface area contributed by atoms with Crippen molar-refractivity contribution in [2.45, 2.75) is 31.3 Å². The maximum atomic E-state index is 12.3. The molecule has 128 valence electrons. The highest BCUT2D eigenvalue weighted by Gasteiger charge is 2.11. The highest BCUT2D eigenvalue weighted by Crippen LogP contribution is 2.24. The molecular formula is C20H21N3OS. The van der Waals surface area contributed by atoms with E-state index in [0.717, 1.165) is 27.9 Å². The number of aromatic nitrogens is 2. The number of rotatable bonds is 6. The normalized spacial score (nSPS) is 12.1. The van der Waals surface area contributed by atoms with Gasteiger partial charge in [-0.15, -0.1) is 0 Å². The summed E-state index contributed by atoms with van der Waals surface area (Å²) < 4.78 is 0. The van der Waals surface area contributed by atoms with Gasteiger partial charge in [-0.05, 0) is 30.5 Å². The van der Waals surface area contributed by atoms with E-state index in [1.165, 1.54) is 17.3 Å². The van der Waals surface area contributed by atoms with Crippen molar-refractivity contribution in [2.75, 3.05) is 5.75 Å². The molecule has 1 heterocycles. The Kier molecular flexibility index (Phi) is 5.66. The summed E-state index contributed by atoms with van der Waals surface area (Å²) in [7, 11) is 0. The molecule has 0 aliphatic heterocycles. The third-order valence-electron chi connectivity index (χ3n) is 4.11. The smallest absolute Gasteiger partial charge is 0.230 e. The van der Waals surface area contributed by atoms with E-state index in [1.807, 2.05) is 31.2 Å². The van der Waals surface area contributed by atoms with Crippen LogP contribution in [0.1, 0.15) is 31.0 Å². The maximum absolute atomic E-state index is 12.3. The number of hydrogen-bond donors (Lipinski definition) is 1. The number of benzene rings is 2. The minimum atomic E-state index is -0.0128. The lowest BCUT2D eigenvalue weighted by Gasteiger charge is -2.14. The molecule has 0 spiro atoms. The second-order valence-corrected chi connectivity index (χ2v) is 6.83. The maximum Gasteiger partial charge on any atom is 0.230 e. The van der Waals surface area contributed by atoms with Gasteiger partial charge in [-0.1, -0.05) is 61.2 Å². The molecule has 4 nitrogen and oxygen atoms in total. The zero-order valence-electron chi connectivity index (χ0n) is 14.4. The molecule has 25 heavy (non-hydrogen) atoms. The van der Waals surface area contributed by atoms with Crippen LogP contribution in [-0.2, 0) is 11.2 Å². The third-order valence-corrected chi connectivity index (χ3v) is 5.12. The molecule has 0 saturated carbocycles. The van der Waals surface area contributed by atoms with Crippen LogP contribution in [0.25, 0.3) is 10.9 Å². The van der Waals surface area contributed by atoms with Gasteiger partial charge < -0.3 is 5.32 Å². The molecule has 1 aromatic heterocycles. The Morgan fingerprint density at radius 2 is 1.88 bits per heavy atom. The number of aryl methyl sites for hydroxylation is 1. The lowest BCUT2D eigenvalue weighted by Crippen LogP contribution is -2.28. The standard InChI is InChI=1S/C20H21N3OS/c1-3-15-8-10-16(11-9-15)14(2)23-19(24)12-25-20-17-6-4-5-7-18(17)21-13-22-20/h4-11,13-14H,3,12H2,1-2H3,(H,23,24)/t14-/m1/s1. The number of amides is 1. The Labute approximate surface area is 152 Å². The van der Waals surface area contributed by atoms with Crippen LogP contribution in [0.3, 0.4) is 0 Å². The van der Waals surface area contributed by atoms with E-state index >= 15 is 0 Å². The average molecular weight is 351 g/mol. The van der Waals surface area contributed by atoms with E-state index in [2.05, 4.69) is 46.5 Å². The van der Waals surface area contributed by atoms with Crippen LogP contribution in [0.15, 0.2) is 59.9 Å². The van der Waals surface area contributed by atoms with Crippen LogP contribution in [0.2, 0.25) is 0 Å². The van der Waals surface area contributed by atoms with Gasteiger partial charge in [0, 0.05) is 5.39 Å². The first-order chi connectivity index (χ1) is 12.2. The van der Waals surface area contributed by atoms with Crippen LogP contribution in [0, 0.1) is 0 Å². The largest absolute Gasteiger partial charge is 0.349 e. The minimum Gasteiger partial charge on any atom is -0.349 e. The van der Waals surface area contributed by atoms with Crippen molar-refractivity contribution in [3.8, 4) is 0 Å². The van der Waals surface area contributed by atoms with Gasteiger partial charge in [-0.3, -0.25) is 4.79 Å². The molecule has 1 N–H and O–H groups in total. The number of para-hydroxylation sites is 1. The van der Waals surface area contributed by atoms with Gasteiger partial charge in [0.05, 0.1) is 17.3 Å². The quantitative estimate of drug-likeness (QED) is 0.535. The lowest BCUT2D eigenvalue weighted by atomic mass is 10.1. The number of thioether (sulfide) groups is 1. The highest BCUT2D eigenvalue weighted by atomic mass is 32.2. The Morgan fingerprint density at radius 1 is 1.12 bits per heavy atom. The number of nitrogens with zero attached hydrogens (tertiary/aromatic N) is 2. The van der Waals surface area contributed by atoms with Crippen LogP contribution in [0.4, 0.5) is 0 Å². The number of carbonyl (C=O) groups excluding carboxylic acids is 1. The van der Waals surface area contributed by atoms with E-state index in [4.69, 9.17) is 0 Å². The second-order valence-electron chi connectivity index (χ2n) is 5.87. The van der Waals surface area contributed by atoms with Gasteiger partial charge in [-0.2, -0.15) is 0 Å². The van der Waals surface area contributed by atoms with Gasteiger partial charge in [0.25, 0.3) is 0 Å². The molecule has 3 rings (SSSR count). The van der Waals surface area contributed by atoms with E-state index in [1.54, 1.807) is 6.33 Å². The third kappa shape index (κ3) is 4.37. The fourth-order valence-corrected chi connectivity index (χ4v) is 3.44. The Morgan fingerprint density at radius 3 is 2.64 bits per heavy atom. The lowest BCUT2D eigenvalue weighted by molar-refractivity contribution is -0.119. The number of fused-ring (bicyclic) bond motifs is 1. The molecule has 0 fully saturated rings. The molecule has 3 aromatic rings. The molecule has 0 saturated heterocycles. The first-order valence-electron chi connectivity index (χ1n) is 8.38. The first kappa shape index (κ1) is 17.4. The topological polar surface area (TPSA) is 54.9 Å². The number of nitrogens with one attached hydrogen (secondary N) is 1. The number of carbonyl (C=O) groups is 1. The van der Waals surface area contributed by atoms with Crippen LogP contribution >= 0.6 is 11.8 Å². The van der Waals surface area contributed by atoms with Crippen molar-refractivity contribution in [3.05, 3.63) is 66.0 Å². The van der Waals surface area contributed by atoms with Gasteiger partial charge in [0.15, 0.2) is 0 Å². The summed E-state index contributed by atoms with van der Waals surface area (Å²) in [5.41, 5.74) is 3.31. The van der Waals surface area contributed by atoms with Crippen molar-refractivity contribution in [1.29, 1.82) is 0 Å². The molecule has 2 aromatic carbocycles. The zero-order valence-corrected chi connectivity index (χ0v) is 15.2. The Hall–Kier alpha value is -2.40. The van der Waals surface area contributed by atoms with Crippen molar-refractivity contribution < 1.29 is 4.79 Å². The SMILES string of the molecule is CCc1ccc([C@@H](C)NC(=O)CSc2ncnc3ccccc23)cc1. The van der Waals surface area contributed by atoms with Crippen molar-refractivity contribution in [3.63, 3.8) is 0 Å². The van der Waals surface area contributed by atoms with Gasteiger partial charge in [0.2, 0.25) is 5.91 Å². The fourth-order valence-electron chi connectivity index (χ4n) is 2.64. The summed E-state index contributed by atoms with van der Waals surface area (Å²) >= 11 is 1.44. The molecular weight excluding hydrogens is 330 g/mol. The number of hydrogen-bond acceptors (Lipinski definition) is 4. The van der Waals surface area contributed by atoms with Crippen molar-refractivity contribution >= 4 is 28.6 Å². The summed E-state index contributed by atoms with van der Waals surface area (Å²) in [4.78, 5) is 20.8. The molecule has 1 atom stereocenters. The summed E-state index contributed by atoms with van der Waals surface area (Å²) in [5.74, 6) is 0.332. The first-order valence-corrected chi connectivity index (χ1v) is 9.36. The molecule has 0 bridgehead atoms. The molecule has 0 radical (unpaired) electrons. The minimum absolute atomic E-state index is 0.000221. The molecule has 5 heteroatoms. The van der Waals surface area contributed by atoms with E-state index in [0.29, 0.717) is 5.75 Å². The Balaban J connectivity index is 1.60. The van der Waals surface area contributed by atoms with Gasteiger partial charge >= 0.3 is 0 Å². The summed E-state index contributed by atoms with van der Waals surface area (Å²) in [6.45, 7) is 4.14. The average Bonchev–Trinajstić information content (AvgIpc) is 2.66. The fraction of sp³-hybridized carbons (Fsp3) is 0.250. The molecule has 0 aliphatic carbocycles. The van der Waals surface area contributed by atoms with Gasteiger partial charge in [-0.25, -0.2) is 9.97 Å². The Bertz CT molecular complexity index is 859. The summed E-state index contributed by atoms with van der Waals surface area (Å²) in [6, 6.07) is 16.2. The van der Waals surface area contributed by atoms with Crippen LogP contribution in [-0.4, -0.2) is 21.6 Å². The van der Waals surface area contributed by atoms with Gasteiger partial charge in [0.1, 0.15) is 11.4 Å². The van der Waals surface area contributed by atoms with Crippen LogP contribution in [0.5, 0.6) is 0 Å². The van der Waals surface area contributed by atoms with E-state index in [-0.39, 0.29) is 11.9 Å². The van der Waals surface area contributed by atoms with E-state index < -0.39 is 0 Å². The summed E-state index contributed by atoms with van der Waals surface area (Å²) in [5, 5.41) is 4.86. The van der Waals surface area contributed by atoms with Crippen molar-refractivity contribution in [2.24, 2.45) is 0 Å². The predicted octanol–water partition coefficient (Wildman–Crippen LogP) is 4.16. The highest BCUT2D eigenvalue weighted by molar-refractivity contribution is 8.00. The van der Waals surface area contributed by atoms with Crippen LogP contribution < -0.4 is 5.32 Å². The molecule has 0 aliphatic rings.